The van der Waals surface area contributed by atoms with Gasteiger partial charge in [-0.1, -0.05) is 30.3 Å². The van der Waals surface area contributed by atoms with E-state index in [1.807, 2.05) is 30.3 Å². The minimum atomic E-state index is -0.426. The van der Waals surface area contributed by atoms with Crippen LogP contribution in [0.3, 0.4) is 0 Å². The van der Waals surface area contributed by atoms with Gasteiger partial charge in [-0.3, -0.25) is 14.9 Å². The first-order valence-electron chi connectivity index (χ1n) is 7.80. The third-order valence-electron chi connectivity index (χ3n) is 4.27. The fourth-order valence-electron chi connectivity index (χ4n) is 3.12. The van der Waals surface area contributed by atoms with Gasteiger partial charge >= 0.3 is 0 Å². The maximum Gasteiger partial charge on any atom is 0.293 e. The van der Waals surface area contributed by atoms with Crippen LogP contribution in [0.15, 0.2) is 42.5 Å². The van der Waals surface area contributed by atoms with Crippen LogP contribution >= 0.6 is 0 Å². The number of methoxy groups -OCH3 is 1. The number of carbonyl (C=O) groups is 1. The number of amides is 1. The predicted octanol–water partition coefficient (Wildman–Crippen LogP) is 3.13. The summed E-state index contributed by atoms with van der Waals surface area (Å²) in [6.45, 7) is 0.491. The van der Waals surface area contributed by atoms with Crippen LogP contribution < -0.4 is 9.64 Å². The molecule has 2 aromatic carbocycles. The van der Waals surface area contributed by atoms with Crippen LogP contribution in [0.4, 0.5) is 11.4 Å². The Balaban J connectivity index is 1.78. The average molecular weight is 326 g/mol. The molecule has 0 unspecified atom stereocenters. The van der Waals surface area contributed by atoms with Gasteiger partial charge in [-0.2, -0.15) is 0 Å². The smallest absolute Gasteiger partial charge is 0.293 e. The molecule has 3 rings (SSSR count). The Morgan fingerprint density at radius 2 is 2.04 bits per heavy atom. The quantitative estimate of drug-likeness (QED) is 0.625. The summed E-state index contributed by atoms with van der Waals surface area (Å²) in [6.07, 6.45) is 1.47. The number of benzene rings is 2. The Hall–Kier alpha value is -2.89. The zero-order valence-corrected chi connectivity index (χ0v) is 13.4. The van der Waals surface area contributed by atoms with Crippen molar-refractivity contribution in [1.29, 1.82) is 0 Å². The van der Waals surface area contributed by atoms with Crippen molar-refractivity contribution in [2.45, 2.75) is 19.3 Å². The van der Waals surface area contributed by atoms with Gasteiger partial charge in [0.15, 0.2) is 0 Å². The molecule has 1 amide bonds. The number of ether oxygens (including phenoxy) is 1. The van der Waals surface area contributed by atoms with Crippen LogP contribution in [0.2, 0.25) is 0 Å². The Labute approximate surface area is 139 Å². The van der Waals surface area contributed by atoms with Crippen molar-refractivity contribution in [2.75, 3.05) is 18.6 Å². The maximum absolute atomic E-state index is 12.6. The third-order valence-corrected chi connectivity index (χ3v) is 4.27. The number of carbonyl (C=O) groups excluding carboxylic acids is 1. The lowest BCUT2D eigenvalue weighted by molar-refractivity contribution is -0.384. The first kappa shape index (κ1) is 16.0. The highest BCUT2D eigenvalue weighted by molar-refractivity contribution is 5.98. The lowest BCUT2D eigenvalue weighted by Gasteiger charge is -2.17. The summed E-state index contributed by atoms with van der Waals surface area (Å²) >= 11 is 0. The predicted molar refractivity (Wildman–Crippen MR) is 90.5 cm³/mol. The number of hydrogen-bond donors (Lipinski definition) is 0. The lowest BCUT2D eigenvalue weighted by Crippen LogP contribution is -2.29. The number of nitro groups is 1. The largest absolute Gasteiger partial charge is 0.496 e. The van der Waals surface area contributed by atoms with E-state index < -0.39 is 4.92 Å². The van der Waals surface area contributed by atoms with E-state index in [-0.39, 0.29) is 18.0 Å². The van der Waals surface area contributed by atoms with Gasteiger partial charge in [-0.05, 0) is 30.0 Å². The molecular weight excluding hydrogens is 308 g/mol. The Bertz CT molecular complexity index is 788. The molecule has 124 valence electrons. The van der Waals surface area contributed by atoms with Crippen LogP contribution in [0.1, 0.15) is 17.5 Å². The number of rotatable bonds is 5. The van der Waals surface area contributed by atoms with Crippen molar-refractivity contribution in [3.05, 3.63) is 63.7 Å². The Morgan fingerprint density at radius 3 is 2.79 bits per heavy atom. The molecule has 0 saturated carbocycles. The zero-order valence-electron chi connectivity index (χ0n) is 13.4. The summed E-state index contributed by atoms with van der Waals surface area (Å²) in [7, 11) is 1.60. The minimum absolute atomic E-state index is 0.00404. The fourth-order valence-corrected chi connectivity index (χ4v) is 3.12. The van der Waals surface area contributed by atoms with Crippen molar-refractivity contribution < 1.29 is 14.5 Å². The summed E-state index contributed by atoms with van der Waals surface area (Å²) in [6, 6.07) is 12.5. The summed E-state index contributed by atoms with van der Waals surface area (Å²) in [5, 5.41) is 11.2. The normalized spacial score (nSPS) is 12.8. The molecule has 6 nitrogen and oxygen atoms in total. The van der Waals surface area contributed by atoms with Crippen LogP contribution in [0, 0.1) is 10.1 Å². The molecule has 6 heteroatoms. The molecular formula is C18H18N2O4. The number of fused-ring (bicyclic) bond motifs is 1. The summed E-state index contributed by atoms with van der Waals surface area (Å²) in [5.74, 6) is 0.645. The number of nitrogens with zero attached hydrogens (tertiary/aromatic N) is 2. The van der Waals surface area contributed by atoms with Crippen molar-refractivity contribution in [3.63, 3.8) is 0 Å². The van der Waals surface area contributed by atoms with Gasteiger partial charge in [0.05, 0.1) is 12.0 Å². The van der Waals surface area contributed by atoms with E-state index in [1.54, 1.807) is 18.1 Å². The second-order valence-corrected chi connectivity index (χ2v) is 5.65. The van der Waals surface area contributed by atoms with Crippen molar-refractivity contribution in [2.24, 2.45) is 0 Å². The highest BCUT2D eigenvalue weighted by Gasteiger charge is 2.31. The summed E-state index contributed by atoms with van der Waals surface area (Å²) in [5.41, 5.74) is 2.26. The molecule has 1 aliphatic rings. The minimum Gasteiger partial charge on any atom is -0.496 e. The topological polar surface area (TPSA) is 72.7 Å². The van der Waals surface area contributed by atoms with E-state index in [0.29, 0.717) is 25.1 Å². The molecule has 24 heavy (non-hydrogen) atoms. The molecule has 1 heterocycles. The molecule has 0 spiro atoms. The van der Waals surface area contributed by atoms with E-state index in [4.69, 9.17) is 4.74 Å². The van der Waals surface area contributed by atoms with E-state index in [9.17, 15) is 14.9 Å². The van der Waals surface area contributed by atoms with Gasteiger partial charge in [0.2, 0.25) is 5.91 Å². The molecule has 2 aromatic rings. The van der Waals surface area contributed by atoms with Crippen molar-refractivity contribution in [3.8, 4) is 5.75 Å². The molecule has 0 N–H and O–H groups in total. The Morgan fingerprint density at radius 1 is 1.25 bits per heavy atom. The van der Waals surface area contributed by atoms with Crippen molar-refractivity contribution in [1.82, 2.24) is 0 Å². The molecule has 0 saturated heterocycles. The van der Waals surface area contributed by atoms with Gasteiger partial charge in [0.1, 0.15) is 11.4 Å². The van der Waals surface area contributed by atoms with E-state index in [0.717, 1.165) is 16.9 Å². The van der Waals surface area contributed by atoms with Gasteiger partial charge in [-0.15, -0.1) is 0 Å². The summed E-state index contributed by atoms with van der Waals surface area (Å²) in [4.78, 5) is 25.0. The monoisotopic (exact) mass is 326 g/mol. The Kier molecular flexibility index (Phi) is 4.46. The van der Waals surface area contributed by atoms with Crippen LogP contribution in [-0.4, -0.2) is 24.5 Å². The molecule has 1 aliphatic heterocycles. The van der Waals surface area contributed by atoms with Gasteiger partial charge in [-0.25, -0.2) is 0 Å². The van der Waals surface area contributed by atoms with Crippen LogP contribution in [-0.2, 0) is 17.6 Å². The third kappa shape index (κ3) is 2.95. The van der Waals surface area contributed by atoms with Gasteiger partial charge in [0.25, 0.3) is 5.69 Å². The van der Waals surface area contributed by atoms with Gasteiger partial charge in [0, 0.05) is 19.0 Å². The summed E-state index contributed by atoms with van der Waals surface area (Å²) < 4.78 is 5.30. The SMILES string of the molecule is COc1ccccc1CCC(=O)N1CCc2cccc([N+](=O)[O-])c21. The van der Waals surface area contributed by atoms with E-state index in [1.165, 1.54) is 6.07 Å². The standard InChI is InChI=1S/C18H18N2O4/c1-24-16-8-3-2-5-13(16)9-10-17(21)19-12-11-14-6-4-7-15(18(14)19)20(22)23/h2-8H,9-12H2,1H3. The average Bonchev–Trinajstić information content (AvgIpc) is 3.03. The van der Waals surface area contributed by atoms with Crippen LogP contribution in [0.5, 0.6) is 5.75 Å². The number of aryl methyl sites for hydroxylation is 1. The molecule has 0 atom stereocenters. The second-order valence-electron chi connectivity index (χ2n) is 5.65. The van der Waals surface area contributed by atoms with Crippen LogP contribution in [0.25, 0.3) is 0 Å². The van der Waals surface area contributed by atoms with E-state index in [2.05, 4.69) is 0 Å². The number of nitro benzene ring substituents is 1. The highest BCUT2D eigenvalue weighted by Crippen LogP contribution is 2.37. The molecule has 0 bridgehead atoms. The first-order valence-corrected chi connectivity index (χ1v) is 7.80. The molecule has 0 aliphatic carbocycles. The van der Waals surface area contributed by atoms with E-state index >= 15 is 0 Å². The maximum atomic E-state index is 12.6. The van der Waals surface area contributed by atoms with Gasteiger partial charge < -0.3 is 9.64 Å². The molecule has 0 aromatic heterocycles. The number of hydrogen-bond acceptors (Lipinski definition) is 4. The number of para-hydroxylation sites is 2. The fraction of sp³-hybridized carbons (Fsp3) is 0.278. The highest BCUT2D eigenvalue weighted by atomic mass is 16.6. The second kappa shape index (κ2) is 6.70. The molecule has 0 radical (unpaired) electrons. The molecule has 0 fully saturated rings. The lowest BCUT2D eigenvalue weighted by atomic mass is 10.1. The van der Waals surface area contributed by atoms with Crippen molar-refractivity contribution >= 4 is 17.3 Å². The number of anilines is 1. The first-order chi connectivity index (χ1) is 11.6. The zero-order chi connectivity index (χ0) is 17.1.